The summed E-state index contributed by atoms with van der Waals surface area (Å²) in [4.78, 5) is 12.2. The quantitative estimate of drug-likeness (QED) is 0.249. The first-order valence-electron chi connectivity index (χ1n) is 7.57. The van der Waals surface area contributed by atoms with Gasteiger partial charge in [-0.3, -0.25) is 0 Å². The van der Waals surface area contributed by atoms with Crippen LogP contribution in [0.4, 0.5) is 5.69 Å². The van der Waals surface area contributed by atoms with E-state index in [0.717, 1.165) is 11.3 Å². The topological polar surface area (TPSA) is 53.2 Å². The molecule has 0 aliphatic rings. The molecule has 136 valence electrons. The summed E-state index contributed by atoms with van der Waals surface area (Å²) in [7, 11) is 0. The Hall–Kier alpha value is -1.49. The third kappa shape index (κ3) is 7.40. The van der Waals surface area contributed by atoms with Crippen LogP contribution in [0.15, 0.2) is 66.7 Å². The van der Waals surface area contributed by atoms with Crippen molar-refractivity contribution in [2.24, 2.45) is 0 Å². The van der Waals surface area contributed by atoms with Crippen LogP contribution in [0.1, 0.15) is 5.56 Å². The van der Waals surface area contributed by atoms with Gasteiger partial charge in [0.1, 0.15) is 0 Å². The van der Waals surface area contributed by atoms with E-state index in [1.807, 2.05) is 60.7 Å². The first kappa shape index (κ1) is 20.8. The molecule has 0 aliphatic carbocycles. The van der Waals surface area contributed by atoms with Crippen molar-refractivity contribution in [2.75, 3.05) is 5.32 Å². The Labute approximate surface area is 175 Å². The van der Waals surface area contributed by atoms with E-state index in [4.69, 9.17) is 34.8 Å². The summed E-state index contributed by atoms with van der Waals surface area (Å²) < 4.78 is -1.26. The Morgan fingerprint density at radius 2 is 1.54 bits per heavy atom. The third-order valence-electron chi connectivity index (χ3n) is 3.15. The molecule has 1 amide bonds. The van der Waals surface area contributed by atoms with Crippen molar-refractivity contribution in [3.63, 3.8) is 0 Å². The Balaban J connectivity index is 1.97. The summed E-state index contributed by atoms with van der Waals surface area (Å²) in [5.74, 6) is -0.398. The monoisotopic (exact) mass is 475 g/mol. The van der Waals surface area contributed by atoms with Gasteiger partial charge in [-0.05, 0) is 0 Å². The second-order valence-corrected chi connectivity index (χ2v) is 8.42. The van der Waals surface area contributed by atoms with Gasteiger partial charge in [0.05, 0.1) is 0 Å². The summed E-state index contributed by atoms with van der Waals surface area (Å²) >= 11 is 20.8. The van der Waals surface area contributed by atoms with Crippen LogP contribution in [0.5, 0.6) is 0 Å². The predicted molar refractivity (Wildman–Crippen MR) is 112 cm³/mol. The number of benzene rings is 2. The summed E-state index contributed by atoms with van der Waals surface area (Å²) in [5, 5.41) is 8.63. The van der Waals surface area contributed by atoms with Gasteiger partial charge in [0, 0.05) is 0 Å². The van der Waals surface area contributed by atoms with Gasteiger partial charge in [0.2, 0.25) is 0 Å². The molecule has 1 unspecified atom stereocenters. The molecule has 2 rings (SSSR count). The van der Waals surface area contributed by atoms with Crippen LogP contribution in [0.3, 0.4) is 0 Å². The van der Waals surface area contributed by atoms with E-state index in [1.165, 1.54) is 6.08 Å². The summed E-state index contributed by atoms with van der Waals surface area (Å²) in [6, 6.07) is 18.9. The fourth-order valence-corrected chi connectivity index (χ4v) is 2.77. The Morgan fingerprint density at radius 3 is 2.12 bits per heavy atom. The van der Waals surface area contributed by atoms with Gasteiger partial charge in [-0.2, -0.15) is 0 Å². The number of amides is 1. The van der Waals surface area contributed by atoms with Crippen LogP contribution in [-0.4, -0.2) is 36.1 Å². The first-order valence-corrected chi connectivity index (χ1v) is 9.56. The molecule has 1 atom stereocenters. The van der Waals surface area contributed by atoms with E-state index in [1.54, 1.807) is 6.08 Å². The standard InChI is InChI=1S/C18H16Cl3N3OSe/c19-18(20,21)16(24-17(26)22-14-9-5-2-6-10-14)23-15(25)12-11-13-7-3-1-4-8-13/h1-12,16H,(H,23,25)(H2,22,24,26)/b12-11+. The Bertz CT molecular complexity index is 764. The number of hydrogen-bond donors (Lipinski definition) is 3. The molecule has 0 bridgehead atoms. The Morgan fingerprint density at radius 1 is 0.962 bits per heavy atom. The molecule has 3 N–H and O–H groups in total. The molecule has 2 aromatic carbocycles. The molecule has 0 spiro atoms. The zero-order chi connectivity index (χ0) is 19.0. The molecular weight excluding hydrogens is 460 g/mol. The van der Waals surface area contributed by atoms with Crippen LogP contribution in [0, 0.1) is 0 Å². The third-order valence-corrected chi connectivity index (χ3v) is 4.26. The van der Waals surface area contributed by atoms with Gasteiger partial charge in [-0.15, -0.1) is 0 Å². The summed E-state index contributed by atoms with van der Waals surface area (Å²) in [5.41, 5.74) is 1.73. The zero-order valence-corrected chi connectivity index (χ0v) is 17.4. The maximum absolute atomic E-state index is 12.2. The van der Waals surface area contributed by atoms with Crippen LogP contribution in [0.2, 0.25) is 0 Å². The molecule has 4 nitrogen and oxygen atoms in total. The number of para-hydroxylation sites is 1. The molecule has 0 fully saturated rings. The molecule has 0 saturated heterocycles. The first-order chi connectivity index (χ1) is 12.3. The van der Waals surface area contributed by atoms with Crippen LogP contribution in [0.25, 0.3) is 6.08 Å². The van der Waals surface area contributed by atoms with E-state index in [2.05, 4.69) is 31.5 Å². The van der Waals surface area contributed by atoms with Crippen molar-refractivity contribution in [1.82, 2.24) is 10.6 Å². The van der Waals surface area contributed by atoms with E-state index in [0.29, 0.717) is 4.67 Å². The van der Waals surface area contributed by atoms with Crippen LogP contribution >= 0.6 is 34.8 Å². The number of hydrogen-bond acceptors (Lipinski definition) is 3. The van der Waals surface area contributed by atoms with E-state index in [9.17, 15) is 4.79 Å². The van der Waals surface area contributed by atoms with Crippen LogP contribution < -0.4 is 16.0 Å². The van der Waals surface area contributed by atoms with Crippen molar-refractivity contribution >= 4 is 72.7 Å². The molecule has 0 aromatic heterocycles. The van der Waals surface area contributed by atoms with E-state index < -0.39 is 15.9 Å². The second kappa shape index (κ2) is 10.0. The SMILES string of the molecule is O=C(/C=C/c1ccccc1)NC(NC(=[Se])Nc1ccccc1)C(Cl)(Cl)Cl. The van der Waals surface area contributed by atoms with Gasteiger partial charge in [-0.1, -0.05) is 0 Å². The fourth-order valence-electron chi connectivity index (χ4n) is 1.95. The van der Waals surface area contributed by atoms with Gasteiger partial charge in [-0.25, -0.2) is 0 Å². The molecule has 0 radical (unpaired) electrons. The minimum atomic E-state index is -1.76. The molecule has 8 heteroatoms. The molecule has 2 aromatic rings. The van der Waals surface area contributed by atoms with Crippen molar-refractivity contribution in [3.8, 4) is 0 Å². The number of halogens is 3. The normalized spacial score (nSPS) is 12.4. The van der Waals surface area contributed by atoms with E-state index >= 15 is 0 Å². The van der Waals surface area contributed by atoms with Crippen molar-refractivity contribution in [1.29, 1.82) is 0 Å². The molecule has 26 heavy (non-hydrogen) atoms. The minimum absolute atomic E-state index is 0.398. The Kier molecular flexibility index (Phi) is 8.01. The number of nitrogens with one attached hydrogen (secondary N) is 3. The average Bonchev–Trinajstić information content (AvgIpc) is 2.60. The number of anilines is 1. The number of alkyl halides is 3. The van der Waals surface area contributed by atoms with Crippen molar-refractivity contribution in [3.05, 3.63) is 72.3 Å². The maximum atomic E-state index is 12.2. The molecule has 0 heterocycles. The van der Waals surface area contributed by atoms with Crippen LogP contribution in [-0.2, 0) is 4.79 Å². The zero-order valence-electron chi connectivity index (χ0n) is 13.5. The average molecular weight is 476 g/mol. The molecule has 0 saturated carbocycles. The number of carbonyl (C=O) groups is 1. The van der Waals surface area contributed by atoms with Gasteiger partial charge >= 0.3 is 176 Å². The summed E-state index contributed by atoms with van der Waals surface area (Å²) in [6.07, 6.45) is 2.10. The number of carbonyl (C=O) groups excluding carboxylic acids is 1. The fraction of sp³-hybridized carbons (Fsp3) is 0.111. The van der Waals surface area contributed by atoms with E-state index in [-0.39, 0.29) is 0 Å². The van der Waals surface area contributed by atoms with Crippen molar-refractivity contribution < 1.29 is 4.79 Å². The molecule has 0 aliphatic heterocycles. The van der Waals surface area contributed by atoms with Crippen molar-refractivity contribution in [2.45, 2.75) is 9.96 Å². The molecular formula is C18H16Cl3N3OSe. The van der Waals surface area contributed by atoms with Gasteiger partial charge in [0.15, 0.2) is 0 Å². The predicted octanol–water partition coefficient (Wildman–Crippen LogP) is 3.47. The van der Waals surface area contributed by atoms with Gasteiger partial charge in [0.25, 0.3) is 0 Å². The number of rotatable bonds is 7. The second-order valence-electron chi connectivity index (χ2n) is 5.19. The summed E-state index contributed by atoms with van der Waals surface area (Å²) in [6.45, 7) is 0. The van der Waals surface area contributed by atoms with Gasteiger partial charge < -0.3 is 0 Å².